The fourth-order valence-corrected chi connectivity index (χ4v) is 7.13. The third-order valence-electron chi connectivity index (χ3n) is 7.24. The zero-order chi connectivity index (χ0) is 39.2. The number of thioether (sulfide) groups is 1. The molecule has 0 aliphatic carbocycles. The summed E-state index contributed by atoms with van der Waals surface area (Å²) in [5.74, 6) is -3.20. The van der Waals surface area contributed by atoms with Crippen LogP contribution in [0.4, 0.5) is 33.3 Å². The van der Waals surface area contributed by atoms with Crippen molar-refractivity contribution in [2.24, 2.45) is 0 Å². The van der Waals surface area contributed by atoms with Gasteiger partial charge in [0.15, 0.2) is 10.3 Å². The first-order chi connectivity index (χ1) is 25.0. The van der Waals surface area contributed by atoms with E-state index in [4.69, 9.17) is 23.2 Å². The number of hydrogen-bond acceptors (Lipinski definition) is 8. The van der Waals surface area contributed by atoms with Crippen LogP contribution in [0, 0.1) is 0 Å². The van der Waals surface area contributed by atoms with Crippen molar-refractivity contribution in [3.8, 4) is 11.4 Å². The Labute approximate surface area is 320 Å². The predicted molar refractivity (Wildman–Crippen MR) is 199 cm³/mol. The highest BCUT2D eigenvalue weighted by Crippen LogP contribution is 2.28. The Hall–Kier alpha value is -3.61. The van der Waals surface area contributed by atoms with Crippen molar-refractivity contribution in [1.29, 1.82) is 0 Å². The van der Waals surface area contributed by atoms with E-state index in [9.17, 15) is 35.8 Å². The third kappa shape index (κ3) is 14.6. The van der Waals surface area contributed by atoms with Gasteiger partial charge in [0.05, 0.1) is 42.6 Å². The van der Waals surface area contributed by atoms with Gasteiger partial charge in [0.1, 0.15) is 11.4 Å². The second kappa shape index (κ2) is 20.7. The van der Waals surface area contributed by atoms with E-state index in [-0.39, 0.29) is 52.2 Å². The summed E-state index contributed by atoms with van der Waals surface area (Å²) >= 11 is 13.5. The minimum atomic E-state index is -4.17. The lowest BCUT2D eigenvalue weighted by molar-refractivity contribution is -0.129. The van der Waals surface area contributed by atoms with Gasteiger partial charge in [0.2, 0.25) is 17.7 Å². The Morgan fingerprint density at radius 1 is 0.792 bits per heavy atom. The lowest BCUT2D eigenvalue weighted by Gasteiger charge is -2.19. The molecule has 0 aliphatic rings. The molecule has 0 saturated heterocycles. The molecule has 0 spiro atoms. The molecule has 53 heavy (non-hydrogen) atoms. The molecular formula is C33H39Cl2F5N8O3S2. The molecule has 4 heterocycles. The molecule has 4 aromatic rings. The lowest BCUT2D eigenvalue weighted by Crippen LogP contribution is -2.31. The van der Waals surface area contributed by atoms with Crippen molar-refractivity contribution in [2.45, 2.75) is 58.6 Å². The van der Waals surface area contributed by atoms with Crippen LogP contribution in [0.1, 0.15) is 46.5 Å². The number of alkyl halides is 5. The van der Waals surface area contributed by atoms with E-state index in [1.807, 2.05) is 0 Å². The van der Waals surface area contributed by atoms with Crippen molar-refractivity contribution in [3.63, 3.8) is 0 Å². The van der Waals surface area contributed by atoms with Gasteiger partial charge in [-0.05, 0) is 45.0 Å². The standard InChI is InChI=1S/C17H21ClF2N4O2S.C16H18ClF3N4OS/c1-3-23(15(25)6-9-27(26)10-7-17(2,19)20)14-12-24(22-16(14)18)13-5-4-8-21-11-13;1-2-23(14(25)5-8-26-9-6-16(18,19)20)13-11-24(22-15(13)17)12-4-3-7-21-10-12/h4-5,8,11-12H,3,6-7,9-10H2,1-2H3;3-4,7,10-11H,2,5-6,8-9H2,1H3. The average Bonchev–Trinajstić information content (AvgIpc) is 3.69. The highest BCUT2D eigenvalue weighted by atomic mass is 35.5. The number of rotatable bonds is 17. The van der Waals surface area contributed by atoms with Crippen molar-refractivity contribution in [3.05, 3.63) is 71.8 Å². The Morgan fingerprint density at radius 2 is 1.28 bits per heavy atom. The van der Waals surface area contributed by atoms with E-state index in [1.165, 1.54) is 19.2 Å². The Bertz CT molecular complexity index is 1780. The van der Waals surface area contributed by atoms with Gasteiger partial charge >= 0.3 is 6.18 Å². The Kier molecular flexibility index (Phi) is 17.1. The smallest absolute Gasteiger partial charge is 0.308 e. The quantitative estimate of drug-likeness (QED) is 0.0782. The second-order valence-corrected chi connectivity index (χ2v) is 15.0. The average molecular weight is 826 g/mol. The van der Waals surface area contributed by atoms with Gasteiger partial charge in [-0.3, -0.25) is 23.8 Å². The number of carbonyl (C=O) groups is 2. The fourth-order valence-electron chi connectivity index (χ4n) is 4.57. The molecule has 0 aliphatic heterocycles. The summed E-state index contributed by atoms with van der Waals surface area (Å²) in [6, 6.07) is 7.11. The number of aromatic nitrogens is 6. The van der Waals surface area contributed by atoms with Crippen LogP contribution >= 0.6 is 35.0 Å². The van der Waals surface area contributed by atoms with Crippen LogP contribution in [-0.4, -0.2) is 93.8 Å². The van der Waals surface area contributed by atoms with E-state index in [0.29, 0.717) is 41.6 Å². The maximum absolute atomic E-state index is 12.8. The molecular weight excluding hydrogens is 786 g/mol. The normalized spacial score (nSPS) is 12.2. The fraction of sp³-hybridized carbons (Fsp3) is 0.455. The van der Waals surface area contributed by atoms with Crippen molar-refractivity contribution >= 4 is 69.0 Å². The summed E-state index contributed by atoms with van der Waals surface area (Å²) in [6.07, 6.45) is 4.37. The molecule has 0 N–H and O–H groups in total. The number of carbonyl (C=O) groups excluding carboxylic acids is 2. The number of pyridine rings is 2. The van der Waals surface area contributed by atoms with Crippen LogP contribution in [0.2, 0.25) is 10.3 Å². The molecule has 290 valence electrons. The molecule has 0 saturated carbocycles. The molecule has 1 unspecified atom stereocenters. The zero-order valence-corrected chi connectivity index (χ0v) is 32.3. The number of nitrogens with zero attached hydrogens (tertiary/aromatic N) is 8. The van der Waals surface area contributed by atoms with Gasteiger partial charge in [-0.25, -0.2) is 18.1 Å². The molecule has 20 heteroatoms. The molecule has 11 nitrogen and oxygen atoms in total. The monoisotopic (exact) mass is 824 g/mol. The molecule has 0 aromatic carbocycles. The summed E-state index contributed by atoms with van der Waals surface area (Å²) in [6.45, 7) is 5.09. The van der Waals surface area contributed by atoms with E-state index in [1.54, 1.807) is 75.3 Å². The van der Waals surface area contributed by atoms with Gasteiger partial charge in [-0.1, -0.05) is 23.2 Å². The maximum atomic E-state index is 12.8. The SMILES string of the molecule is CCN(C(=O)CCS(=O)CCC(C)(F)F)c1cn(-c2cccnc2)nc1Cl.CCN(C(=O)CCSCCC(F)(F)F)c1cn(-c2cccnc2)nc1Cl. The zero-order valence-electron chi connectivity index (χ0n) is 29.1. The van der Waals surface area contributed by atoms with Crippen LogP contribution < -0.4 is 9.80 Å². The first-order valence-corrected chi connectivity index (χ1v) is 19.7. The van der Waals surface area contributed by atoms with E-state index in [2.05, 4.69) is 20.2 Å². The van der Waals surface area contributed by atoms with E-state index >= 15 is 0 Å². The molecule has 0 fully saturated rings. The highest BCUT2D eigenvalue weighted by molar-refractivity contribution is 7.99. The number of amides is 2. The number of anilines is 2. The summed E-state index contributed by atoms with van der Waals surface area (Å²) < 4.78 is 76.9. The van der Waals surface area contributed by atoms with Gasteiger partial charge in [-0.15, -0.1) is 0 Å². The Balaban J connectivity index is 0.000000286. The van der Waals surface area contributed by atoms with Gasteiger partial charge < -0.3 is 9.80 Å². The first kappa shape index (κ1) is 43.8. The molecule has 1 atom stereocenters. The summed E-state index contributed by atoms with van der Waals surface area (Å²) in [4.78, 5) is 35.9. The third-order valence-corrected chi connectivity index (χ3v) is 10.1. The van der Waals surface area contributed by atoms with Gasteiger partial charge in [0, 0.05) is 78.6 Å². The first-order valence-electron chi connectivity index (χ1n) is 16.3. The van der Waals surface area contributed by atoms with Crippen molar-refractivity contribution in [2.75, 3.05) is 45.9 Å². The van der Waals surface area contributed by atoms with Crippen molar-refractivity contribution < 1.29 is 35.8 Å². The van der Waals surface area contributed by atoms with Gasteiger partial charge in [-0.2, -0.15) is 35.1 Å². The molecule has 0 bridgehead atoms. The van der Waals surface area contributed by atoms with Crippen LogP contribution in [0.25, 0.3) is 11.4 Å². The van der Waals surface area contributed by atoms with Crippen LogP contribution in [0.5, 0.6) is 0 Å². The maximum Gasteiger partial charge on any atom is 0.389 e. The number of hydrogen-bond donors (Lipinski definition) is 0. The lowest BCUT2D eigenvalue weighted by atomic mass is 10.3. The molecule has 2 amide bonds. The number of halogens is 7. The second-order valence-electron chi connectivity index (χ2n) is 11.3. The molecule has 4 rings (SSSR count). The minimum Gasteiger partial charge on any atom is -0.308 e. The van der Waals surface area contributed by atoms with Crippen LogP contribution in [0.3, 0.4) is 0 Å². The van der Waals surface area contributed by atoms with Crippen LogP contribution in [0.15, 0.2) is 61.4 Å². The minimum absolute atomic E-state index is 0.0237. The Morgan fingerprint density at radius 3 is 1.70 bits per heavy atom. The predicted octanol–water partition coefficient (Wildman–Crippen LogP) is 7.81. The van der Waals surface area contributed by atoms with Gasteiger partial charge in [0.25, 0.3) is 0 Å². The summed E-state index contributed by atoms with van der Waals surface area (Å²) in [5, 5.41) is 8.70. The van der Waals surface area contributed by atoms with E-state index < -0.39 is 35.7 Å². The largest absolute Gasteiger partial charge is 0.389 e. The highest BCUT2D eigenvalue weighted by Gasteiger charge is 2.27. The summed E-state index contributed by atoms with van der Waals surface area (Å²) in [5.41, 5.74) is 2.28. The van der Waals surface area contributed by atoms with Crippen molar-refractivity contribution in [1.82, 2.24) is 29.5 Å². The molecule has 4 aromatic heterocycles. The molecule has 0 radical (unpaired) electrons. The van der Waals surface area contributed by atoms with Crippen LogP contribution in [-0.2, 0) is 20.4 Å². The van der Waals surface area contributed by atoms with E-state index in [0.717, 1.165) is 18.7 Å². The topological polar surface area (TPSA) is 119 Å². The summed E-state index contributed by atoms with van der Waals surface area (Å²) in [7, 11) is -1.48.